The molecule has 0 amide bonds. The monoisotopic (exact) mass is 187 g/mol. The second kappa shape index (κ2) is 2.98. The highest BCUT2D eigenvalue weighted by Gasteiger charge is 2.09. The quantitative estimate of drug-likeness (QED) is 0.629. The summed E-state index contributed by atoms with van der Waals surface area (Å²) in [7, 11) is 1.93. The lowest BCUT2D eigenvalue weighted by atomic mass is 10.1. The molecule has 2 nitrogen and oxygen atoms in total. The predicted octanol–water partition coefficient (Wildman–Crippen LogP) is 2.61. The van der Waals surface area contributed by atoms with E-state index in [4.69, 9.17) is 0 Å². The number of aldehydes is 1. The lowest BCUT2D eigenvalue weighted by Crippen LogP contribution is -1.94. The van der Waals surface area contributed by atoms with Crippen LogP contribution in [0.4, 0.5) is 0 Å². The van der Waals surface area contributed by atoms with Crippen LogP contribution >= 0.6 is 0 Å². The number of carbonyl (C=O) groups excluding carboxylic acids is 1. The van der Waals surface area contributed by atoms with Crippen LogP contribution in [-0.4, -0.2) is 10.9 Å². The smallest absolute Gasteiger partial charge is 0.166 e. The van der Waals surface area contributed by atoms with Gasteiger partial charge in [-0.15, -0.1) is 0 Å². The summed E-state index contributed by atoms with van der Waals surface area (Å²) < 4.78 is 1.95. The minimum absolute atomic E-state index is 0.769. The molecule has 2 heteroatoms. The molecule has 0 aliphatic heterocycles. The van der Waals surface area contributed by atoms with E-state index in [1.807, 2.05) is 18.5 Å². The lowest BCUT2D eigenvalue weighted by molar-refractivity contribution is 0.111. The molecule has 14 heavy (non-hydrogen) atoms. The Morgan fingerprint density at radius 2 is 2.00 bits per heavy atom. The van der Waals surface area contributed by atoms with Gasteiger partial charge in [-0.25, -0.2) is 0 Å². The molecule has 1 heterocycles. The Labute approximate surface area is 83.2 Å². The van der Waals surface area contributed by atoms with Crippen molar-refractivity contribution in [2.75, 3.05) is 0 Å². The normalized spacial score (nSPS) is 10.8. The third-order valence-corrected chi connectivity index (χ3v) is 2.78. The van der Waals surface area contributed by atoms with Crippen LogP contribution < -0.4 is 0 Å². The molecule has 0 saturated heterocycles. The third kappa shape index (κ3) is 1.07. The number of benzene rings is 1. The van der Waals surface area contributed by atoms with E-state index in [0.29, 0.717) is 0 Å². The molecule has 0 unspecified atom stereocenters. The van der Waals surface area contributed by atoms with Gasteiger partial charge in [0, 0.05) is 18.0 Å². The summed E-state index contributed by atoms with van der Waals surface area (Å²) in [6.07, 6.45) is 0.921. The predicted molar refractivity (Wildman–Crippen MR) is 57.8 cm³/mol. The van der Waals surface area contributed by atoms with E-state index in [0.717, 1.165) is 23.1 Å². The minimum Gasteiger partial charge on any atom is -0.341 e. The molecule has 1 aromatic heterocycles. The minimum atomic E-state index is 0.769. The average molecular weight is 187 g/mol. The summed E-state index contributed by atoms with van der Waals surface area (Å²) >= 11 is 0. The van der Waals surface area contributed by atoms with Gasteiger partial charge in [-0.1, -0.05) is 12.1 Å². The SMILES string of the molecule is Cc1ccc2c(C)c(C=O)n(C)c2c1. The molecule has 0 radical (unpaired) electrons. The molecule has 0 N–H and O–H groups in total. The summed E-state index contributed by atoms with van der Waals surface area (Å²) in [6.45, 7) is 4.05. The molecular formula is C12H13NO. The van der Waals surface area contributed by atoms with Gasteiger partial charge in [0.1, 0.15) is 0 Å². The fourth-order valence-corrected chi connectivity index (χ4v) is 1.92. The fourth-order valence-electron chi connectivity index (χ4n) is 1.92. The van der Waals surface area contributed by atoms with E-state index in [9.17, 15) is 4.79 Å². The summed E-state index contributed by atoms with van der Waals surface area (Å²) in [6, 6.07) is 6.26. The van der Waals surface area contributed by atoms with E-state index >= 15 is 0 Å². The van der Waals surface area contributed by atoms with Crippen LogP contribution in [0.25, 0.3) is 10.9 Å². The first-order valence-corrected chi connectivity index (χ1v) is 4.66. The summed E-state index contributed by atoms with van der Waals surface area (Å²) in [5.74, 6) is 0. The number of nitrogens with zero attached hydrogens (tertiary/aromatic N) is 1. The van der Waals surface area contributed by atoms with Gasteiger partial charge in [-0.2, -0.15) is 0 Å². The van der Waals surface area contributed by atoms with Crippen LogP contribution in [0.5, 0.6) is 0 Å². The maximum Gasteiger partial charge on any atom is 0.166 e. The largest absolute Gasteiger partial charge is 0.341 e. The van der Waals surface area contributed by atoms with Crippen LogP contribution in [0.3, 0.4) is 0 Å². The molecule has 0 saturated carbocycles. The number of carbonyl (C=O) groups is 1. The van der Waals surface area contributed by atoms with Crippen molar-refractivity contribution >= 4 is 17.2 Å². The molecule has 0 bridgehead atoms. The molecule has 2 aromatic rings. The Morgan fingerprint density at radius 3 is 2.64 bits per heavy atom. The van der Waals surface area contributed by atoms with E-state index in [1.54, 1.807) is 0 Å². The van der Waals surface area contributed by atoms with Gasteiger partial charge >= 0.3 is 0 Å². The Hall–Kier alpha value is -1.57. The third-order valence-electron chi connectivity index (χ3n) is 2.78. The molecule has 0 fully saturated rings. The van der Waals surface area contributed by atoms with Crippen molar-refractivity contribution in [3.8, 4) is 0 Å². The molecule has 0 aliphatic carbocycles. The van der Waals surface area contributed by atoms with Crippen molar-refractivity contribution in [1.29, 1.82) is 0 Å². The van der Waals surface area contributed by atoms with Crippen LogP contribution in [-0.2, 0) is 7.05 Å². The fraction of sp³-hybridized carbons (Fsp3) is 0.250. The number of hydrogen-bond acceptors (Lipinski definition) is 1. The maximum atomic E-state index is 10.9. The summed E-state index contributed by atoms with van der Waals surface area (Å²) in [5, 5.41) is 1.17. The number of aromatic nitrogens is 1. The van der Waals surface area contributed by atoms with Gasteiger partial charge in [0.15, 0.2) is 6.29 Å². The van der Waals surface area contributed by atoms with Crippen molar-refractivity contribution in [3.05, 3.63) is 35.0 Å². The Balaban J connectivity index is 2.94. The first-order chi connectivity index (χ1) is 6.65. The highest BCUT2D eigenvalue weighted by atomic mass is 16.1. The molecular weight excluding hydrogens is 174 g/mol. The standard InChI is InChI=1S/C12H13NO/c1-8-4-5-10-9(2)12(7-14)13(3)11(10)6-8/h4-7H,1-3H3. The highest BCUT2D eigenvalue weighted by Crippen LogP contribution is 2.24. The van der Waals surface area contributed by atoms with Crippen molar-refractivity contribution in [2.24, 2.45) is 7.05 Å². The zero-order chi connectivity index (χ0) is 10.3. The van der Waals surface area contributed by atoms with Gasteiger partial charge in [-0.05, 0) is 31.0 Å². The zero-order valence-electron chi connectivity index (χ0n) is 8.66. The van der Waals surface area contributed by atoms with Gasteiger partial charge < -0.3 is 4.57 Å². The van der Waals surface area contributed by atoms with Crippen molar-refractivity contribution < 1.29 is 4.79 Å². The van der Waals surface area contributed by atoms with Gasteiger partial charge in [0.05, 0.1) is 5.69 Å². The van der Waals surface area contributed by atoms with Crippen LogP contribution in [0.2, 0.25) is 0 Å². The zero-order valence-corrected chi connectivity index (χ0v) is 8.66. The van der Waals surface area contributed by atoms with E-state index in [-0.39, 0.29) is 0 Å². The second-order valence-electron chi connectivity index (χ2n) is 3.71. The Morgan fingerprint density at radius 1 is 1.29 bits per heavy atom. The Bertz CT molecular complexity index is 509. The van der Waals surface area contributed by atoms with E-state index in [2.05, 4.69) is 25.1 Å². The second-order valence-corrected chi connectivity index (χ2v) is 3.71. The molecule has 72 valence electrons. The van der Waals surface area contributed by atoms with Gasteiger partial charge in [0.2, 0.25) is 0 Å². The molecule has 0 spiro atoms. The molecule has 2 rings (SSSR count). The van der Waals surface area contributed by atoms with Crippen LogP contribution in [0, 0.1) is 13.8 Å². The van der Waals surface area contributed by atoms with Crippen LogP contribution in [0.1, 0.15) is 21.6 Å². The number of aryl methyl sites for hydroxylation is 3. The summed E-state index contributed by atoms with van der Waals surface area (Å²) in [4.78, 5) is 10.9. The van der Waals surface area contributed by atoms with E-state index < -0.39 is 0 Å². The van der Waals surface area contributed by atoms with E-state index in [1.165, 1.54) is 10.9 Å². The van der Waals surface area contributed by atoms with Crippen molar-refractivity contribution in [2.45, 2.75) is 13.8 Å². The lowest BCUT2D eigenvalue weighted by Gasteiger charge is -1.98. The highest BCUT2D eigenvalue weighted by molar-refractivity contribution is 5.93. The Kier molecular flexibility index (Phi) is 1.92. The summed E-state index contributed by atoms with van der Waals surface area (Å²) in [5.41, 5.74) is 4.18. The molecule has 0 aliphatic rings. The van der Waals surface area contributed by atoms with Gasteiger partial charge in [0.25, 0.3) is 0 Å². The topological polar surface area (TPSA) is 22.0 Å². The number of hydrogen-bond donors (Lipinski definition) is 0. The van der Waals surface area contributed by atoms with Crippen molar-refractivity contribution in [3.63, 3.8) is 0 Å². The van der Waals surface area contributed by atoms with Gasteiger partial charge in [-0.3, -0.25) is 4.79 Å². The number of fused-ring (bicyclic) bond motifs is 1. The maximum absolute atomic E-state index is 10.9. The van der Waals surface area contributed by atoms with Crippen molar-refractivity contribution in [1.82, 2.24) is 4.57 Å². The first-order valence-electron chi connectivity index (χ1n) is 4.66. The van der Waals surface area contributed by atoms with Crippen LogP contribution in [0.15, 0.2) is 18.2 Å². The number of rotatable bonds is 1. The first kappa shape index (κ1) is 9.00. The average Bonchev–Trinajstić information content (AvgIpc) is 2.39. The molecule has 0 atom stereocenters. The molecule has 1 aromatic carbocycles.